The van der Waals surface area contributed by atoms with Gasteiger partial charge in [0.05, 0.1) is 18.2 Å². The van der Waals surface area contributed by atoms with Gasteiger partial charge in [0.2, 0.25) is 0 Å². The number of hydrogen-bond acceptors (Lipinski definition) is 4. The van der Waals surface area contributed by atoms with E-state index in [4.69, 9.17) is 11.6 Å². The molecule has 1 atom stereocenters. The molecule has 1 fully saturated rings. The van der Waals surface area contributed by atoms with E-state index in [0.717, 1.165) is 4.47 Å². The lowest BCUT2D eigenvalue weighted by atomic mass is 9.95. The average Bonchev–Trinajstić information content (AvgIpc) is 2.88. The van der Waals surface area contributed by atoms with Crippen LogP contribution in [0.25, 0.3) is 5.76 Å². The molecule has 0 bridgehead atoms. The first-order valence-electron chi connectivity index (χ1n) is 7.84. The first-order valence-corrected chi connectivity index (χ1v) is 9.02. The van der Waals surface area contributed by atoms with E-state index in [1.165, 1.54) is 4.90 Å². The minimum Gasteiger partial charge on any atom is -0.507 e. The lowest BCUT2D eigenvalue weighted by Crippen LogP contribution is -2.32. The number of benzene rings is 2. The molecule has 0 spiro atoms. The number of aliphatic hydroxyl groups is 2. The molecule has 1 amide bonds. The second kappa shape index (κ2) is 7.61. The van der Waals surface area contributed by atoms with Gasteiger partial charge in [-0.1, -0.05) is 39.7 Å². The van der Waals surface area contributed by atoms with Crippen LogP contribution in [0.3, 0.4) is 0 Å². The van der Waals surface area contributed by atoms with E-state index in [1.807, 2.05) is 0 Å². The van der Waals surface area contributed by atoms with Crippen molar-refractivity contribution in [2.75, 3.05) is 13.2 Å². The Hall–Kier alpha value is -2.15. The highest BCUT2D eigenvalue weighted by Gasteiger charge is 2.45. The van der Waals surface area contributed by atoms with Crippen molar-refractivity contribution in [2.45, 2.75) is 6.04 Å². The van der Waals surface area contributed by atoms with Crippen LogP contribution in [-0.2, 0) is 9.59 Å². The molecule has 5 nitrogen and oxygen atoms in total. The van der Waals surface area contributed by atoms with Gasteiger partial charge in [0.15, 0.2) is 0 Å². The van der Waals surface area contributed by atoms with Crippen LogP contribution >= 0.6 is 27.5 Å². The second-order valence-electron chi connectivity index (χ2n) is 5.77. The van der Waals surface area contributed by atoms with E-state index in [0.29, 0.717) is 16.1 Å². The fourth-order valence-electron chi connectivity index (χ4n) is 2.97. The molecule has 0 aliphatic carbocycles. The zero-order valence-electron chi connectivity index (χ0n) is 13.5. The van der Waals surface area contributed by atoms with Gasteiger partial charge in [-0.2, -0.15) is 0 Å². The van der Waals surface area contributed by atoms with Crippen LogP contribution in [-0.4, -0.2) is 40.0 Å². The van der Waals surface area contributed by atoms with Crippen LogP contribution in [0.5, 0.6) is 0 Å². The van der Waals surface area contributed by atoms with Crippen molar-refractivity contribution >= 4 is 45.0 Å². The number of aliphatic hydroxyl groups excluding tert-OH is 2. The zero-order chi connectivity index (χ0) is 18.8. The van der Waals surface area contributed by atoms with E-state index >= 15 is 0 Å². The number of hydrogen-bond donors (Lipinski definition) is 2. The lowest BCUT2D eigenvalue weighted by molar-refractivity contribution is -0.140. The highest BCUT2D eigenvalue weighted by Crippen LogP contribution is 2.39. The van der Waals surface area contributed by atoms with Gasteiger partial charge in [0.1, 0.15) is 5.76 Å². The van der Waals surface area contributed by atoms with Crippen LogP contribution in [0.15, 0.2) is 58.6 Å². The number of Topliss-reactive ketones (excluding diaryl/α,β-unsaturated/α-hetero) is 1. The maximum atomic E-state index is 12.6. The Morgan fingerprint density at radius 3 is 2.27 bits per heavy atom. The summed E-state index contributed by atoms with van der Waals surface area (Å²) in [6.07, 6.45) is 0. The van der Waals surface area contributed by atoms with Gasteiger partial charge in [-0.15, -0.1) is 0 Å². The molecular formula is C19H15BrClNO4. The Labute approximate surface area is 163 Å². The van der Waals surface area contributed by atoms with E-state index < -0.39 is 17.7 Å². The van der Waals surface area contributed by atoms with Crippen molar-refractivity contribution < 1.29 is 19.8 Å². The smallest absolute Gasteiger partial charge is 0.295 e. The molecular weight excluding hydrogens is 422 g/mol. The Balaban J connectivity index is 2.17. The van der Waals surface area contributed by atoms with Crippen molar-refractivity contribution in [3.05, 3.63) is 74.7 Å². The van der Waals surface area contributed by atoms with Crippen molar-refractivity contribution in [3.8, 4) is 0 Å². The third kappa shape index (κ3) is 3.40. The predicted octanol–water partition coefficient (Wildman–Crippen LogP) is 3.52. The highest BCUT2D eigenvalue weighted by molar-refractivity contribution is 9.10. The van der Waals surface area contributed by atoms with E-state index in [2.05, 4.69) is 15.9 Å². The molecule has 0 saturated carbocycles. The molecule has 2 aromatic rings. The summed E-state index contributed by atoms with van der Waals surface area (Å²) in [7, 11) is 0. The fraction of sp³-hybridized carbons (Fsp3) is 0.158. The number of amides is 1. The average molecular weight is 437 g/mol. The molecule has 1 aliphatic heterocycles. The molecule has 0 aromatic heterocycles. The molecule has 7 heteroatoms. The normalized spacial score (nSPS) is 19.2. The maximum Gasteiger partial charge on any atom is 0.295 e. The molecule has 2 aromatic carbocycles. The number of β-amino-alcohol motifs (C(OH)–C–C–N with tert-alkyl or cyclic N) is 1. The van der Waals surface area contributed by atoms with Crippen molar-refractivity contribution in [2.24, 2.45) is 0 Å². The molecule has 134 valence electrons. The molecule has 1 saturated heterocycles. The number of carbonyl (C=O) groups excluding carboxylic acids is 2. The highest BCUT2D eigenvalue weighted by atomic mass is 79.9. The van der Waals surface area contributed by atoms with Gasteiger partial charge < -0.3 is 15.1 Å². The summed E-state index contributed by atoms with van der Waals surface area (Å²) < 4.78 is 0.845. The summed E-state index contributed by atoms with van der Waals surface area (Å²) in [5.41, 5.74) is 1.04. The van der Waals surface area contributed by atoms with E-state index in [9.17, 15) is 19.8 Å². The Bertz CT molecular complexity index is 877. The third-order valence-electron chi connectivity index (χ3n) is 4.18. The number of carbonyl (C=O) groups is 2. The Morgan fingerprint density at radius 1 is 1.08 bits per heavy atom. The molecule has 1 heterocycles. The quantitative estimate of drug-likeness (QED) is 0.437. The van der Waals surface area contributed by atoms with Crippen molar-refractivity contribution in [1.29, 1.82) is 0 Å². The molecule has 26 heavy (non-hydrogen) atoms. The summed E-state index contributed by atoms with van der Waals surface area (Å²) in [6.45, 7) is -0.302. The van der Waals surface area contributed by atoms with Crippen LogP contribution in [0.2, 0.25) is 5.02 Å². The SMILES string of the molecule is O=C1C(=O)N(CCO)[C@H](c2ccc(Br)cc2)/C1=C(\O)c1ccc(Cl)cc1. The topological polar surface area (TPSA) is 77.8 Å². The molecule has 0 unspecified atom stereocenters. The summed E-state index contributed by atoms with van der Waals surface area (Å²) >= 11 is 9.22. The van der Waals surface area contributed by atoms with E-state index in [-0.39, 0.29) is 24.5 Å². The standard InChI is InChI=1S/C19H15BrClNO4/c20-13-5-1-11(2-6-13)16-15(18(25)19(26)22(16)9-10-23)17(24)12-3-7-14(21)8-4-12/h1-8,16,23-24H,9-10H2/b17-15+/t16-/m1/s1. The summed E-state index contributed by atoms with van der Waals surface area (Å²) in [5, 5.41) is 20.5. The van der Waals surface area contributed by atoms with Crippen LogP contribution < -0.4 is 0 Å². The monoisotopic (exact) mass is 435 g/mol. The van der Waals surface area contributed by atoms with Crippen molar-refractivity contribution in [1.82, 2.24) is 4.90 Å². The molecule has 0 radical (unpaired) electrons. The first-order chi connectivity index (χ1) is 12.4. The van der Waals surface area contributed by atoms with Crippen LogP contribution in [0, 0.1) is 0 Å². The lowest BCUT2D eigenvalue weighted by Gasteiger charge is -2.24. The molecule has 1 aliphatic rings. The minimum absolute atomic E-state index is 0.00639. The second-order valence-corrected chi connectivity index (χ2v) is 7.13. The van der Waals surface area contributed by atoms with Gasteiger partial charge >= 0.3 is 0 Å². The number of halogens is 2. The predicted molar refractivity (Wildman–Crippen MR) is 102 cm³/mol. The van der Waals surface area contributed by atoms with Gasteiger partial charge in [0, 0.05) is 21.6 Å². The van der Waals surface area contributed by atoms with Gasteiger partial charge in [-0.05, 0) is 42.0 Å². The van der Waals surface area contributed by atoms with Crippen LogP contribution in [0.4, 0.5) is 0 Å². The summed E-state index contributed by atoms with van der Waals surface area (Å²) in [6, 6.07) is 12.7. The van der Waals surface area contributed by atoms with Crippen LogP contribution in [0.1, 0.15) is 17.2 Å². The molecule has 3 rings (SSSR count). The largest absolute Gasteiger partial charge is 0.507 e. The minimum atomic E-state index is -0.779. The zero-order valence-corrected chi connectivity index (χ0v) is 15.9. The van der Waals surface area contributed by atoms with Gasteiger partial charge in [-0.25, -0.2) is 0 Å². The van der Waals surface area contributed by atoms with Gasteiger partial charge in [-0.3, -0.25) is 9.59 Å². The first kappa shape index (κ1) is 18.6. The van der Waals surface area contributed by atoms with E-state index in [1.54, 1.807) is 48.5 Å². The summed E-state index contributed by atoms with van der Waals surface area (Å²) in [5.74, 6) is -1.80. The number of likely N-dealkylation sites (tertiary alicyclic amines) is 1. The van der Waals surface area contributed by atoms with Crippen molar-refractivity contribution in [3.63, 3.8) is 0 Å². The summed E-state index contributed by atoms with van der Waals surface area (Å²) in [4.78, 5) is 26.3. The Kier molecular flexibility index (Phi) is 5.46. The third-order valence-corrected chi connectivity index (χ3v) is 4.96. The number of rotatable bonds is 4. The number of nitrogens with zero attached hydrogens (tertiary/aromatic N) is 1. The Morgan fingerprint density at radius 2 is 1.69 bits per heavy atom. The molecule has 2 N–H and O–H groups in total. The maximum absolute atomic E-state index is 12.6. The van der Waals surface area contributed by atoms with Gasteiger partial charge in [0.25, 0.3) is 11.7 Å². The number of ketones is 1. The fourth-order valence-corrected chi connectivity index (χ4v) is 3.36.